The van der Waals surface area contributed by atoms with E-state index in [4.69, 9.17) is 9.52 Å². The molecule has 0 fully saturated rings. The number of carbonyl (C=O) groups excluding carboxylic acids is 1. The lowest BCUT2D eigenvalue weighted by Gasteiger charge is -2.11. The summed E-state index contributed by atoms with van der Waals surface area (Å²) in [4.78, 5) is 24.1. The molecule has 0 saturated carbocycles. The van der Waals surface area contributed by atoms with Crippen LogP contribution in [0.5, 0.6) is 0 Å². The third-order valence-corrected chi connectivity index (χ3v) is 4.77. The molecule has 7 heteroatoms. The van der Waals surface area contributed by atoms with E-state index in [9.17, 15) is 9.59 Å². The Hall–Kier alpha value is -1.73. The summed E-state index contributed by atoms with van der Waals surface area (Å²) >= 11 is 4.82. The van der Waals surface area contributed by atoms with Crippen molar-refractivity contribution in [2.45, 2.75) is 30.5 Å². The van der Waals surface area contributed by atoms with Gasteiger partial charge in [-0.25, -0.2) is 4.79 Å². The van der Waals surface area contributed by atoms with Gasteiger partial charge in [0.05, 0.1) is 11.8 Å². The van der Waals surface area contributed by atoms with Crippen molar-refractivity contribution in [2.24, 2.45) is 0 Å². The zero-order valence-electron chi connectivity index (χ0n) is 12.6. The van der Waals surface area contributed by atoms with Crippen LogP contribution in [0, 0.1) is 6.92 Å². The summed E-state index contributed by atoms with van der Waals surface area (Å²) < 4.78 is 6.32. The number of rotatable bonds is 6. The van der Waals surface area contributed by atoms with Gasteiger partial charge in [-0.3, -0.25) is 4.79 Å². The van der Waals surface area contributed by atoms with Crippen molar-refractivity contribution in [1.29, 1.82) is 0 Å². The van der Waals surface area contributed by atoms with Gasteiger partial charge < -0.3 is 14.8 Å². The van der Waals surface area contributed by atoms with Gasteiger partial charge in [-0.2, -0.15) is 0 Å². The average Bonchev–Trinajstić information content (AvgIpc) is 2.88. The molecule has 0 aliphatic rings. The number of nitrogens with one attached hydrogen (secondary N) is 1. The maximum atomic E-state index is 12.1. The first-order valence-corrected chi connectivity index (χ1v) is 8.56. The third kappa shape index (κ3) is 4.87. The molecular formula is C16H16BrNO4S. The topological polar surface area (TPSA) is 79.5 Å². The number of halogens is 1. The maximum Gasteiger partial charge on any atom is 0.339 e. The summed E-state index contributed by atoms with van der Waals surface area (Å²) in [6.07, 6.45) is 0. The number of amides is 1. The Kier molecular flexibility index (Phi) is 5.90. The van der Waals surface area contributed by atoms with Crippen molar-refractivity contribution in [1.82, 2.24) is 5.32 Å². The van der Waals surface area contributed by atoms with Crippen molar-refractivity contribution in [3.05, 3.63) is 51.9 Å². The van der Waals surface area contributed by atoms with E-state index in [1.165, 1.54) is 17.8 Å². The molecule has 2 N–H and O–H groups in total. The molecule has 1 aromatic carbocycles. The highest BCUT2D eigenvalue weighted by atomic mass is 79.9. The minimum absolute atomic E-state index is 0.117. The number of hydrogen-bond donors (Lipinski definition) is 2. The minimum atomic E-state index is -1.04. The summed E-state index contributed by atoms with van der Waals surface area (Å²) in [6.45, 7) is 3.57. The predicted molar refractivity (Wildman–Crippen MR) is 91.7 cm³/mol. The van der Waals surface area contributed by atoms with Crippen LogP contribution in [0.25, 0.3) is 0 Å². The fourth-order valence-electron chi connectivity index (χ4n) is 1.93. The Morgan fingerprint density at radius 2 is 2.00 bits per heavy atom. The number of aromatic carboxylic acids is 1. The molecule has 23 heavy (non-hydrogen) atoms. The summed E-state index contributed by atoms with van der Waals surface area (Å²) in [5.41, 5.74) is 0.117. The van der Waals surface area contributed by atoms with Crippen LogP contribution < -0.4 is 5.32 Å². The lowest BCUT2D eigenvalue weighted by molar-refractivity contribution is -0.120. The fourth-order valence-corrected chi connectivity index (χ4v) is 3.09. The summed E-state index contributed by atoms with van der Waals surface area (Å²) in [5.74, 6) is -0.417. The molecule has 1 unspecified atom stereocenters. The van der Waals surface area contributed by atoms with Gasteiger partial charge in [-0.15, -0.1) is 11.8 Å². The number of carboxylic acid groups (broad SMARTS) is 1. The van der Waals surface area contributed by atoms with E-state index in [1.807, 2.05) is 31.2 Å². The van der Waals surface area contributed by atoms with E-state index in [0.717, 1.165) is 9.37 Å². The average molecular weight is 398 g/mol. The Morgan fingerprint density at radius 1 is 1.35 bits per heavy atom. The van der Waals surface area contributed by atoms with E-state index in [2.05, 4.69) is 21.2 Å². The van der Waals surface area contributed by atoms with Crippen LogP contribution in [0.15, 0.2) is 44.1 Å². The Labute approximate surface area is 146 Å². The van der Waals surface area contributed by atoms with E-state index < -0.39 is 5.97 Å². The first kappa shape index (κ1) is 17.6. The van der Waals surface area contributed by atoms with E-state index >= 15 is 0 Å². The molecule has 0 aliphatic heterocycles. The second kappa shape index (κ2) is 7.70. The zero-order chi connectivity index (χ0) is 17.0. The smallest absolute Gasteiger partial charge is 0.339 e. The van der Waals surface area contributed by atoms with Crippen molar-refractivity contribution in [2.75, 3.05) is 0 Å². The van der Waals surface area contributed by atoms with Crippen LogP contribution in [-0.2, 0) is 11.3 Å². The number of hydrogen-bond acceptors (Lipinski definition) is 4. The first-order chi connectivity index (χ1) is 10.9. The number of carbonyl (C=O) groups is 2. The highest BCUT2D eigenvalue weighted by Gasteiger charge is 2.17. The van der Waals surface area contributed by atoms with Gasteiger partial charge in [0, 0.05) is 9.37 Å². The molecule has 0 saturated heterocycles. The molecule has 2 rings (SSSR count). The standard InChI is InChI=1S/C16H16BrNO4S/c1-9-14(16(20)21)7-12(22-9)8-18-15(19)10(2)23-13-5-3-11(17)4-6-13/h3-7,10H,8H2,1-2H3,(H,18,19)(H,20,21). The largest absolute Gasteiger partial charge is 0.478 e. The first-order valence-electron chi connectivity index (χ1n) is 6.89. The quantitative estimate of drug-likeness (QED) is 0.723. The minimum Gasteiger partial charge on any atom is -0.478 e. The van der Waals surface area contributed by atoms with E-state index in [1.54, 1.807) is 6.92 Å². The maximum absolute atomic E-state index is 12.1. The third-order valence-electron chi connectivity index (χ3n) is 3.13. The number of furan rings is 1. The number of benzene rings is 1. The van der Waals surface area contributed by atoms with Crippen LogP contribution >= 0.6 is 27.7 Å². The van der Waals surface area contributed by atoms with Crippen molar-refractivity contribution in [3.8, 4) is 0 Å². The van der Waals surface area contributed by atoms with Crippen LogP contribution in [0.1, 0.15) is 28.8 Å². The summed E-state index contributed by atoms with van der Waals surface area (Å²) in [5, 5.41) is 11.5. The van der Waals surface area contributed by atoms with Crippen LogP contribution in [0.2, 0.25) is 0 Å². The fraction of sp³-hybridized carbons (Fsp3) is 0.250. The molecule has 0 bridgehead atoms. The number of aryl methyl sites for hydroxylation is 1. The molecular weight excluding hydrogens is 382 g/mol. The SMILES string of the molecule is Cc1oc(CNC(=O)C(C)Sc2ccc(Br)cc2)cc1C(=O)O. The molecule has 1 amide bonds. The monoisotopic (exact) mass is 397 g/mol. The molecule has 2 aromatic rings. The molecule has 0 radical (unpaired) electrons. The van der Waals surface area contributed by atoms with Crippen LogP contribution in [-0.4, -0.2) is 22.2 Å². The highest BCUT2D eigenvalue weighted by molar-refractivity contribution is 9.10. The van der Waals surface area contributed by atoms with E-state index in [-0.39, 0.29) is 23.3 Å². The molecule has 0 aliphatic carbocycles. The second-order valence-corrected chi connectivity index (χ2v) is 7.25. The lowest BCUT2D eigenvalue weighted by Crippen LogP contribution is -2.30. The summed E-state index contributed by atoms with van der Waals surface area (Å²) in [7, 11) is 0. The van der Waals surface area contributed by atoms with Crippen molar-refractivity contribution < 1.29 is 19.1 Å². The normalized spacial score (nSPS) is 12.0. The van der Waals surface area contributed by atoms with E-state index in [0.29, 0.717) is 11.5 Å². The highest BCUT2D eigenvalue weighted by Crippen LogP contribution is 2.25. The van der Waals surface area contributed by atoms with Gasteiger partial charge in [0.2, 0.25) is 5.91 Å². The van der Waals surface area contributed by atoms with Gasteiger partial charge in [0.15, 0.2) is 0 Å². The lowest BCUT2D eigenvalue weighted by atomic mass is 10.2. The second-order valence-electron chi connectivity index (χ2n) is 4.92. The predicted octanol–water partition coefficient (Wildman–Crippen LogP) is 3.85. The molecule has 122 valence electrons. The van der Waals surface area contributed by atoms with Gasteiger partial charge in [0.1, 0.15) is 17.1 Å². The van der Waals surface area contributed by atoms with Gasteiger partial charge >= 0.3 is 5.97 Å². The molecule has 0 spiro atoms. The zero-order valence-corrected chi connectivity index (χ0v) is 15.0. The van der Waals surface area contributed by atoms with Crippen molar-refractivity contribution >= 4 is 39.6 Å². The van der Waals surface area contributed by atoms with Gasteiger partial charge in [-0.1, -0.05) is 15.9 Å². The molecule has 5 nitrogen and oxygen atoms in total. The van der Waals surface area contributed by atoms with Crippen LogP contribution in [0.4, 0.5) is 0 Å². The summed E-state index contributed by atoms with van der Waals surface area (Å²) in [6, 6.07) is 9.16. The molecule has 1 heterocycles. The van der Waals surface area contributed by atoms with Gasteiger partial charge in [-0.05, 0) is 44.2 Å². The Morgan fingerprint density at radius 3 is 2.57 bits per heavy atom. The molecule has 1 aromatic heterocycles. The Balaban J connectivity index is 1.90. The van der Waals surface area contributed by atoms with Crippen molar-refractivity contribution in [3.63, 3.8) is 0 Å². The number of thioether (sulfide) groups is 1. The number of carboxylic acids is 1. The van der Waals surface area contributed by atoms with Crippen LogP contribution in [0.3, 0.4) is 0 Å². The Bertz CT molecular complexity index is 711. The molecule has 1 atom stereocenters. The van der Waals surface area contributed by atoms with Gasteiger partial charge in [0.25, 0.3) is 0 Å².